The summed E-state index contributed by atoms with van der Waals surface area (Å²) in [7, 11) is 1.58. The van der Waals surface area contributed by atoms with Crippen LogP contribution in [0.2, 0.25) is 0 Å². The van der Waals surface area contributed by atoms with Crippen molar-refractivity contribution in [3.05, 3.63) is 18.2 Å². The lowest BCUT2D eigenvalue weighted by Crippen LogP contribution is -2.31. The van der Waals surface area contributed by atoms with Crippen molar-refractivity contribution in [2.45, 2.75) is 19.4 Å². The number of methoxy groups -OCH3 is 1. The third-order valence-electron chi connectivity index (χ3n) is 1.44. The summed E-state index contributed by atoms with van der Waals surface area (Å²) in [6.45, 7) is 3.71. The van der Waals surface area contributed by atoms with E-state index < -0.39 is 5.54 Å². The van der Waals surface area contributed by atoms with E-state index in [-0.39, 0.29) is 0 Å². The van der Waals surface area contributed by atoms with E-state index in [2.05, 4.69) is 9.97 Å². The molecule has 2 N–H and O–H groups in total. The Labute approximate surface area is 71.8 Å². The summed E-state index contributed by atoms with van der Waals surface area (Å²) in [4.78, 5) is 8.12. The van der Waals surface area contributed by atoms with E-state index in [1.165, 1.54) is 0 Å². The molecule has 0 fully saturated rings. The summed E-state index contributed by atoms with van der Waals surface area (Å²) in [5, 5.41) is 0. The molecule has 1 heterocycles. The highest BCUT2D eigenvalue weighted by Crippen LogP contribution is 2.13. The minimum atomic E-state index is -0.494. The number of hydrogen-bond donors (Lipinski definition) is 1. The smallest absolute Gasteiger partial charge is 0.155 e. The van der Waals surface area contributed by atoms with Gasteiger partial charge in [-0.05, 0) is 13.8 Å². The molecule has 0 saturated carbocycles. The van der Waals surface area contributed by atoms with Crippen molar-refractivity contribution in [1.82, 2.24) is 9.97 Å². The molecular formula is C8H13N3O. The van der Waals surface area contributed by atoms with Gasteiger partial charge in [0.05, 0.1) is 25.0 Å². The summed E-state index contributed by atoms with van der Waals surface area (Å²) in [6.07, 6.45) is 3.22. The molecule has 1 rings (SSSR count). The molecule has 1 aromatic rings. The fourth-order valence-electron chi connectivity index (χ4n) is 0.754. The van der Waals surface area contributed by atoms with Crippen molar-refractivity contribution in [1.29, 1.82) is 0 Å². The lowest BCUT2D eigenvalue weighted by Gasteiger charge is -2.15. The molecule has 0 atom stereocenters. The first-order valence-electron chi connectivity index (χ1n) is 3.69. The van der Waals surface area contributed by atoms with Gasteiger partial charge in [-0.3, -0.25) is 0 Å². The average molecular weight is 167 g/mol. The molecule has 0 aliphatic rings. The minimum absolute atomic E-state index is 0.494. The third-order valence-corrected chi connectivity index (χ3v) is 1.44. The van der Waals surface area contributed by atoms with Gasteiger partial charge >= 0.3 is 0 Å². The van der Waals surface area contributed by atoms with Crippen LogP contribution in [0.25, 0.3) is 0 Å². The van der Waals surface area contributed by atoms with Crippen LogP contribution in [0.15, 0.2) is 12.4 Å². The summed E-state index contributed by atoms with van der Waals surface area (Å²) >= 11 is 0. The second-order valence-corrected chi connectivity index (χ2v) is 3.17. The highest BCUT2D eigenvalue weighted by atomic mass is 16.5. The van der Waals surface area contributed by atoms with Crippen molar-refractivity contribution in [2.75, 3.05) is 7.11 Å². The Morgan fingerprint density at radius 1 is 1.33 bits per heavy atom. The van der Waals surface area contributed by atoms with Gasteiger partial charge in [0.15, 0.2) is 5.75 Å². The van der Waals surface area contributed by atoms with Crippen molar-refractivity contribution in [2.24, 2.45) is 5.73 Å². The Balaban J connectivity index is 2.93. The minimum Gasteiger partial charge on any atom is -0.494 e. The normalized spacial score (nSPS) is 11.3. The molecule has 0 aromatic carbocycles. The second-order valence-electron chi connectivity index (χ2n) is 3.17. The van der Waals surface area contributed by atoms with Crippen LogP contribution in [0, 0.1) is 0 Å². The van der Waals surface area contributed by atoms with Crippen LogP contribution in [0.3, 0.4) is 0 Å². The molecule has 0 radical (unpaired) electrons. The van der Waals surface area contributed by atoms with Crippen molar-refractivity contribution in [3.8, 4) is 5.75 Å². The van der Waals surface area contributed by atoms with E-state index in [0.29, 0.717) is 11.6 Å². The highest BCUT2D eigenvalue weighted by Gasteiger charge is 2.16. The number of hydrogen-bond acceptors (Lipinski definition) is 4. The lowest BCUT2D eigenvalue weighted by atomic mass is 10.1. The summed E-state index contributed by atoms with van der Waals surface area (Å²) in [5.74, 6) is 1.26. The van der Waals surface area contributed by atoms with Gasteiger partial charge in [0, 0.05) is 0 Å². The first kappa shape index (κ1) is 8.93. The highest BCUT2D eigenvalue weighted by molar-refractivity contribution is 5.14. The number of nitrogens with two attached hydrogens (primary N) is 1. The van der Waals surface area contributed by atoms with Crippen molar-refractivity contribution in [3.63, 3.8) is 0 Å². The summed E-state index contributed by atoms with van der Waals surface area (Å²) < 4.78 is 4.92. The first-order valence-corrected chi connectivity index (χ1v) is 3.69. The molecule has 66 valence electrons. The van der Waals surface area contributed by atoms with Crippen LogP contribution in [-0.2, 0) is 5.54 Å². The zero-order chi connectivity index (χ0) is 9.19. The number of rotatable bonds is 2. The topological polar surface area (TPSA) is 61.0 Å². The Kier molecular flexibility index (Phi) is 2.28. The van der Waals surface area contributed by atoms with Crippen LogP contribution in [-0.4, -0.2) is 17.1 Å². The molecule has 0 unspecified atom stereocenters. The van der Waals surface area contributed by atoms with Crippen molar-refractivity contribution < 1.29 is 4.74 Å². The third kappa shape index (κ3) is 1.92. The average Bonchev–Trinajstić information content (AvgIpc) is 2.03. The molecular weight excluding hydrogens is 154 g/mol. The van der Waals surface area contributed by atoms with Gasteiger partial charge in [0.2, 0.25) is 0 Å². The molecule has 4 nitrogen and oxygen atoms in total. The Hall–Kier alpha value is -1.16. The SMILES string of the molecule is COc1cnc(C(C)(C)N)nc1. The fraction of sp³-hybridized carbons (Fsp3) is 0.500. The quantitative estimate of drug-likeness (QED) is 0.703. The molecule has 4 heteroatoms. The number of ether oxygens (including phenoxy) is 1. The van der Waals surface area contributed by atoms with E-state index in [1.807, 2.05) is 13.8 Å². The lowest BCUT2D eigenvalue weighted by molar-refractivity contribution is 0.406. The van der Waals surface area contributed by atoms with E-state index in [0.717, 1.165) is 0 Å². The zero-order valence-electron chi connectivity index (χ0n) is 7.53. The van der Waals surface area contributed by atoms with Gasteiger partial charge in [0.1, 0.15) is 5.82 Å². The maximum absolute atomic E-state index is 5.78. The molecule has 0 aliphatic carbocycles. The Morgan fingerprint density at radius 2 is 1.83 bits per heavy atom. The van der Waals surface area contributed by atoms with E-state index in [4.69, 9.17) is 10.5 Å². The number of nitrogens with zero attached hydrogens (tertiary/aromatic N) is 2. The standard InChI is InChI=1S/C8H13N3O/c1-8(2,9)7-10-4-6(12-3)5-11-7/h4-5H,9H2,1-3H3. The van der Waals surface area contributed by atoms with Gasteiger partial charge in [0.25, 0.3) is 0 Å². The molecule has 12 heavy (non-hydrogen) atoms. The van der Waals surface area contributed by atoms with Gasteiger partial charge in [-0.25, -0.2) is 9.97 Å². The van der Waals surface area contributed by atoms with Crippen LogP contribution in [0.1, 0.15) is 19.7 Å². The Morgan fingerprint density at radius 3 is 2.17 bits per heavy atom. The van der Waals surface area contributed by atoms with Gasteiger partial charge < -0.3 is 10.5 Å². The van der Waals surface area contributed by atoms with Gasteiger partial charge in [-0.2, -0.15) is 0 Å². The predicted octanol–water partition coefficient (Wildman–Crippen LogP) is 0.679. The molecule has 1 aromatic heterocycles. The largest absolute Gasteiger partial charge is 0.494 e. The maximum atomic E-state index is 5.78. The zero-order valence-corrected chi connectivity index (χ0v) is 7.53. The molecule has 0 spiro atoms. The molecule has 0 bridgehead atoms. The van der Waals surface area contributed by atoms with Crippen molar-refractivity contribution >= 4 is 0 Å². The number of aromatic nitrogens is 2. The van der Waals surface area contributed by atoms with Gasteiger partial charge in [-0.15, -0.1) is 0 Å². The van der Waals surface area contributed by atoms with E-state index in [9.17, 15) is 0 Å². The van der Waals surface area contributed by atoms with Crippen LogP contribution >= 0.6 is 0 Å². The first-order chi connectivity index (χ1) is 5.54. The van der Waals surface area contributed by atoms with E-state index >= 15 is 0 Å². The van der Waals surface area contributed by atoms with Gasteiger partial charge in [-0.1, -0.05) is 0 Å². The molecule has 0 amide bonds. The monoisotopic (exact) mass is 167 g/mol. The molecule has 0 saturated heterocycles. The fourth-order valence-corrected chi connectivity index (χ4v) is 0.754. The maximum Gasteiger partial charge on any atom is 0.155 e. The summed E-state index contributed by atoms with van der Waals surface area (Å²) in [6, 6.07) is 0. The van der Waals surface area contributed by atoms with Crippen LogP contribution in [0.4, 0.5) is 0 Å². The van der Waals surface area contributed by atoms with Crippen LogP contribution in [0.5, 0.6) is 5.75 Å². The predicted molar refractivity (Wildman–Crippen MR) is 45.8 cm³/mol. The summed E-state index contributed by atoms with van der Waals surface area (Å²) in [5.41, 5.74) is 5.29. The second kappa shape index (κ2) is 3.06. The molecule has 0 aliphatic heterocycles. The Bertz CT molecular complexity index is 250. The van der Waals surface area contributed by atoms with E-state index in [1.54, 1.807) is 19.5 Å². The van der Waals surface area contributed by atoms with Crippen LogP contribution < -0.4 is 10.5 Å².